The number of rotatable bonds is 10. The number of fused-ring (bicyclic) bond motifs is 6. The Morgan fingerprint density at radius 1 is 0.828 bits per heavy atom. The van der Waals surface area contributed by atoms with Crippen molar-refractivity contribution in [3.63, 3.8) is 0 Å². The number of hydrogen-bond donors (Lipinski definition) is 3. The zero-order valence-corrected chi connectivity index (χ0v) is 37.3. The van der Waals surface area contributed by atoms with Gasteiger partial charge in [-0.3, -0.25) is 14.6 Å². The molecular weight excluding hydrogens is 819 g/mol. The molecule has 0 bridgehead atoms. The van der Waals surface area contributed by atoms with E-state index < -0.39 is 30.4 Å². The van der Waals surface area contributed by atoms with Gasteiger partial charge in [-0.2, -0.15) is 0 Å². The quantitative estimate of drug-likeness (QED) is 0.154. The van der Waals surface area contributed by atoms with Crippen LogP contribution >= 0.6 is 0 Å². The minimum absolute atomic E-state index is 0.00236. The van der Waals surface area contributed by atoms with E-state index in [9.17, 15) is 19.2 Å². The van der Waals surface area contributed by atoms with Crippen LogP contribution in [0.2, 0.25) is 0 Å². The van der Waals surface area contributed by atoms with Crippen molar-refractivity contribution in [2.24, 2.45) is 10.9 Å². The van der Waals surface area contributed by atoms with Crippen LogP contribution in [0.1, 0.15) is 82.3 Å². The molecular formula is C48H57N7O9. The van der Waals surface area contributed by atoms with Gasteiger partial charge in [0.2, 0.25) is 11.8 Å². The van der Waals surface area contributed by atoms with E-state index in [0.29, 0.717) is 44.9 Å². The van der Waals surface area contributed by atoms with Crippen molar-refractivity contribution in [1.82, 2.24) is 30.4 Å². The standard InChI is InChI=1S/C48H57N7O9/c1-25-7-13-39(54(25)46(57)43(53-48(59)62-6)28-15-17-63-18-16-28)37-21-34-33-22-41-35(20-29(33)10-12-36(34)50-37)32-11-9-30(19-31(32)24-64-41)38-23-49-44(51-38)40-14-8-26(2)55(40)45(56)42(27(3)60-4)52-47(58)61-5/h9-12,19-20,22-23,25-28,39-40,42-43H,7-8,13-18,21,24H2,1-6H3,(H,49,51)(H,52,58)(H,53,59)/t25-,26-,27+,39-,40-,42?,43?/m0/s1. The van der Waals surface area contributed by atoms with Crippen molar-refractivity contribution >= 4 is 46.2 Å². The SMILES string of the molecule is COC(=O)NC(C(=O)N1[C@@H](C)CC[C@H]1C1=Nc2ccc3cc4c(cc3c2C1)OCc1cc(-c2cnc([C@@H]3CC[C@H](C)N3C(=O)C(NC(=O)OC)[C@@H](C)OC)[nH]2)ccc1-4)C1CCOCC1. The Hall–Kier alpha value is -6.00. The van der Waals surface area contributed by atoms with Gasteiger partial charge in [-0.05, 0) is 123 Å². The molecule has 338 valence electrons. The maximum absolute atomic E-state index is 14.4. The smallest absolute Gasteiger partial charge is 0.407 e. The van der Waals surface area contributed by atoms with Gasteiger partial charge in [0.15, 0.2) is 0 Å². The van der Waals surface area contributed by atoms with Gasteiger partial charge in [0.25, 0.3) is 0 Å². The number of carbonyl (C=O) groups excluding carboxylic acids is 4. The van der Waals surface area contributed by atoms with Crippen LogP contribution in [0.15, 0.2) is 53.7 Å². The number of aromatic nitrogens is 2. The van der Waals surface area contributed by atoms with E-state index in [1.807, 2.05) is 11.8 Å². The second-order valence-electron chi connectivity index (χ2n) is 17.7. The number of hydrogen-bond acceptors (Lipinski definition) is 11. The van der Waals surface area contributed by atoms with E-state index in [-0.39, 0.29) is 41.9 Å². The zero-order chi connectivity index (χ0) is 44.8. The van der Waals surface area contributed by atoms with Crippen molar-refractivity contribution in [3.8, 4) is 28.1 Å². The summed E-state index contributed by atoms with van der Waals surface area (Å²) in [6.07, 6.45) is 5.07. The molecule has 2 unspecified atom stereocenters. The highest BCUT2D eigenvalue weighted by atomic mass is 16.5. The number of H-pyrrole nitrogens is 1. The van der Waals surface area contributed by atoms with Gasteiger partial charge < -0.3 is 49.1 Å². The summed E-state index contributed by atoms with van der Waals surface area (Å²) in [4.78, 5) is 70.2. The van der Waals surface area contributed by atoms with Gasteiger partial charge in [0.05, 0.1) is 50.0 Å². The highest BCUT2D eigenvalue weighted by Gasteiger charge is 2.45. The van der Waals surface area contributed by atoms with E-state index in [4.69, 9.17) is 33.7 Å². The fourth-order valence-corrected chi connectivity index (χ4v) is 10.5. The molecule has 3 saturated heterocycles. The number of likely N-dealkylation sites (tertiary alicyclic amines) is 2. The summed E-state index contributed by atoms with van der Waals surface area (Å²) in [5.41, 5.74) is 7.91. The van der Waals surface area contributed by atoms with Crippen LogP contribution in [-0.4, -0.2) is 120 Å². The Morgan fingerprint density at radius 2 is 1.55 bits per heavy atom. The molecule has 16 heteroatoms. The fraction of sp³-hybridized carbons (Fsp3) is 0.500. The number of imidazole rings is 1. The van der Waals surface area contributed by atoms with Crippen LogP contribution in [0.5, 0.6) is 5.75 Å². The lowest BCUT2D eigenvalue weighted by atomic mass is 9.90. The molecule has 0 saturated carbocycles. The van der Waals surface area contributed by atoms with E-state index in [0.717, 1.165) is 87.1 Å². The van der Waals surface area contributed by atoms with Crippen LogP contribution in [0.3, 0.4) is 0 Å². The minimum atomic E-state index is -0.925. The lowest BCUT2D eigenvalue weighted by molar-refractivity contribution is -0.139. The first-order valence-corrected chi connectivity index (χ1v) is 22.4. The molecule has 4 aromatic rings. The Balaban J connectivity index is 0.933. The van der Waals surface area contributed by atoms with Gasteiger partial charge in [-0.25, -0.2) is 14.6 Å². The topological polar surface area (TPSA) is 186 Å². The summed E-state index contributed by atoms with van der Waals surface area (Å²) in [5.74, 6) is 1.10. The van der Waals surface area contributed by atoms with Crippen LogP contribution < -0.4 is 15.4 Å². The third kappa shape index (κ3) is 7.95. The predicted molar refractivity (Wildman–Crippen MR) is 238 cm³/mol. The summed E-state index contributed by atoms with van der Waals surface area (Å²) >= 11 is 0. The molecule has 5 aliphatic heterocycles. The third-order valence-corrected chi connectivity index (χ3v) is 14.1. The lowest BCUT2D eigenvalue weighted by Crippen LogP contribution is -2.57. The molecule has 3 fully saturated rings. The van der Waals surface area contributed by atoms with E-state index in [1.54, 1.807) is 18.0 Å². The number of aliphatic imine (C=N–C) groups is 1. The average molecular weight is 876 g/mol. The molecule has 7 atom stereocenters. The van der Waals surface area contributed by atoms with Crippen LogP contribution in [0.4, 0.5) is 15.3 Å². The molecule has 1 aromatic heterocycles. The molecule has 0 spiro atoms. The zero-order valence-electron chi connectivity index (χ0n) is 37.3. The summed E-state index contributed by atoms with van der Waals surface area (Å²) in [5, 5.41) is 7.69. The Kier molecular flexibility index (Phi) is 12.1. The molecule has 4 amide bonds. The van der Waals surface area contributed by atoms with Crippen molar-refractivity contribution in [2.75, 3.05) is 34.5 Å². The summed E-state index contributed by atoms with van der Waals surface area (Å²) < 4.78 is 27.3. The van der Waals surface area contributed by atoms with Gasteiger partial charge in [0.1, 0.15) is 30.3 Å². The number of nitrogens with zero attached hydrogens (tertiary/aromatic N) is 4. The van der Waals surface area contributed by atoms with Crippen molar-refractivity contribution in [1.29, 1.82) is 0 Å². The number of amides is 4. The highest BCUT2D eigenvalue weighted by molar-refractivity contribution is 6.06. The van der Waals surface area contributed by atoms with Gasteiger partial charge in [-0.15, -0.1) is 0 Å². The molecule has 5 aliphatic rings. The Bertz CT molecular complexity index is 2500. The first kappa shape index (κ1) is 43.3. The average Bonchev–Trinajstić information content (AvgIpc) is 4.14. The first-order valence-electron chi connectivity index (χ1n) is 22.4. The number of carbonyl (C=O) groups is 4. The summed E-state index contributed by atoms with van der Waals surface area (Å²) in [6, 6.07) is 12.7. The lowest BCUT2D eigenvalue weighted by Gasteiger charge is -2.36. The molecule has 64 heavy (non-hydrogen) atoms. The number of benzene rings is 3. The number of aromatic amines is 1. The Morgan fingerprint density at radius 3 is 2.28 bits per heavy atom. The van der Waals surface area contributed by atoms with E-state index in [1.165, 1.54) is 21.3 Å². The van der Waals surface area contributed by atoms with Crippen molar-refractivity contribution < 1.29 is 42.9 Å². The number of ether oxygens (including phenoxy) is 5. The van der Waals surface area contributed by atoms with Crippen LogP contribution in [-0.2, 0) is 41.6 Å². The molecule has 3 aromatic carbocycles. The van der Waals surface area contributed by atoms with Crippen LogP contribution in [0.25, 0.3) is 33.2 Å². The van der Waals surface area contributed by atoms with Crippen LogP contribution in [0, 0.1) is 5.92 Å². The fourth-order valence-electron chi connectivity index (χ4n) is 10.5. The maximum atomic E-state index is 14.4. The van der Waals surface area contributed by atoms with Crippen molar-refractivity contribution in [3.05, 3.63) is 65.6 Å². The Labute approximate surface area is 372 Å². The highest BCUT2D eigenvalue weighted by Crippen LogP contribution is 2.45. The van der Waals surface area contributed by atoms with Gasteiger partial charge in [0, 0.05) is 50.1 Å². The maximum Gasteiger partial charge on any atom is 0.407 e. The molecule has 9 rings (SSSR count). The molecule has 3 N–H and O–H groups in total. The third-order valence-electron chi connectivity index (χ3n) is 14.1. The number of methoxy groups -OCH3 is 3. The first-order chi connectivity index (χ1) is 31.0. The molecule has 0 aliphatic carbocycles. The van der Waals surface area contributed by atoms with E-state index in [2.05, 4.69) is 65.0 Å². The second-order valence-corrected chi connectivity index (χ2v) is 17.7. The second kappa shape index (κ2) is 17.9. The van der Waals surface area contributed by atoms with Gasteiger partial charge >= 0.3 is 12.2 Å². The number of nitrogens with one attached hydrogen (secondary N) is 3. The molecule has 0 radical (unpaired) electrons. The van der Waals surface area contributed by atoms with E-state index >= 15 is 0 Å². The largest absolute Gasteiger partial charge is 0.488 e. The normalized spacial score (nSPS) is 23.0. The molecule has 16 nitrogen and oxygen atoms in total. The molecule has 6 heterocycles. The minimum Gasteiger partial charge on any atom is -0.488 e. The summed E-state index contributed by atoms with van der Waals surface area (Å²) in [7, 11) is 4.09. The summed E-state index contributed by atoms with van der Waals surface area (Å²) in [6.45, 7) is 7.32. The predicted octanol–water partition coefficient (Wildman–Crippen LogP) is 6.76. The monoisotopic (exact) mass is 875 g/mol. The van der Waals surface area contributed by atoms with Crippen molar-refractivity contribution in [2.45, 2.75) is 115 Å². The number of alkyl carbamates (subject to hydrolysis) is 2. The van der Waals surface area contributed by atoms with Gasteiger partial charge in [-0.1, -0.05) is 18.2 Å².